The van der Waals surface area contributed by atoms with E-state index in [1.807, 2.05) is 61.5 Å². The molecule has 4 nitrogen and oxygen atoms in total. The number of hydrogen-bond donors (Lipinski definition) is 0. The van der Waals surface area contributed by atoms with Crippen LogP contribution in [0.1, 0.15) is 43.4 Å². The van der Waals surface area contributed by atoms with Crippen LogP contribution in [0.4, 0.5) is 5.69 Å². The molecule has 0 amide bonds. The van der Waals surface area contributed by atoms with Gasteiger partial charge in [0.1, 0.15) is 11.6 Å². The minimum absolute atomic E-state index is 0.0579. The van der Waals surface area contributed by atoms with E-state index in [9.17, 15) is 14.9 Å². The second-order valence-corrected chi connectivity index (χ2v) is 7.67. The molecule has 0 saturated heterocycles. The van der Waals surface area contributed by atoms with Crippen LogP contribution in [0, 0.1) is 18.3 Å². The molecule has 3 aromatic rings. The fourth-order valence-corrected chi connectivity index (χ4v) is 4.44. The molecule has 0 aromatic heterocycles. The van der Waals surface area contributed by atoms with Crippen LogP contribution in [-0.2, 0) is 6.54 Å². The highest BCUT2D eigenvalue weighted by molar-refractivity contribution is 6.29. The van der Waals surface area contributed by atoms with Crippen molar-refractivity contribution < 1.29 is 9.59 Å². The molecule has 3 aromatic carbocycles. The van der Waals surface area contributed by atoms with Crippen molar-refractivity contribution in [2.75, 3.05) is 4.90 Å². The summed E-state index contributed by atoms with van der Waals surface area (Å²) in [7, 11) is 0. The largest absolute Gasteiger partial charge is 0.356 e. The third-order valence-electron chi connectivity index (χ3n) is 5.91. The van der Waals surface area contributed by atoms with Crippen molar-refractivity contribution in [3.8, 4) is 6.07 Å². The second-order valence-electron chi connectivity index (χ2n) is 7.67. The van der Waals surface area contributed by atoms with Gasteiger partial charge in [-0.05, 0) is 30.2 Å². The maximum Gasteiger partial charge on any atom is 0.204 e. The summed E-state index contributed by atoms with van der Waals surface area (Å²) in [5.41, 5.74) is 5.02. The van der Waals surface area contributed by atoms with Crippen LogP contribution in [-0.4, -0.2) is 11.6 Å². The highest BCUT2D eigenvalue weighted by Gasteiger charge is 2.42. The molecule has 0 bridgehead atoms. The number of ketones is 2. The quantitative estimate of drug-likeness (QED) is 0.621. The van der Waals surface area contributed by atoms with Crippen molar-refractivity contribution in [3.05, 3.63) is 112 Å². The molecule has 1 aliphatic heterocycles. The topological polar surface area (TPSA) is 61.2 Å². The van der Waals surface area contributed by atoms with Crippen molar-refractivity contribution in [1.82, 2.24) is 0 Å². The summed E-state index contributed by atoms with van der Waals surface area (Å²) in [5.74, 6) is -0.628. The van der Waals surface area contributed by atoms with Gasteiger partial charge in [0.2, 0.25) is 5.78 Å². The number of hydrogen-bond acceptors (Lipinski definition) is 4. The van der Waals surface area contributed by atoms with E-state index in [-0.39, 0.29) is 22.7 Å². The minimum atomic E-state index is -0.483. The molecular weight excluding hydrogens is 372 g/mol. The Bertz CT molecular complexity index is 1280. The molecule has 5 rings (SSSR count). The lowest BCUT2D eigenvalue weighted by Crippen LogP contribution is -2.31. The minimum Gasteiger partial charge on any atom is -0.356 e. The Hall–Kier alpha value is -3.97. The van der Waals surface area contributed by atoms with Gasteiger partial charge in [-0.1, -0.05) is 66.2 Å². The number of Topliss-reactive ketones (excluding diaryl/α,β-unsaturated/α-hetero) is 2. The zero-order valence-electron chi connectivity index (χ0n) is 16.4. The molecule has 0 saturated carbocycles. The SMILES string of the molecule is Cc1ccc(N2Cc3ccccc3C2C2=C(C#N)C(=O)c3ccccc3C2=O)cc1. The molecule has 0 fully saturated rings. The average Bonchev–Trinajstić information content (AvgIpc) is 3.15. The fourth-order valence-electron chi connectivity index (χ4n) is 4.44. The van der Waals surface area contributed by atoms with E-state index >= 15 is 0 Å². The summed E-state index contributed by atoms with van der Waals surface area (Å²) >= 11 is 0. The summed E-state index contributed by atoms with van der Waals surface area (Å²) in [4.78, 5) is 28.8. The van der Waals surface area contributed by atoms with Gasteiger partial charge in [-0.25, -0.2) is 0 Å². The Morgan fingerprint density at radius 1 is 0.867 bits per heavy atom. The normalized spacial score (nSPS) is 17.6. The predicted octanol–water partition coefficient (Wildman–Crippen LogP) is 4.96. The molecule has 0 radical (unpaired) electrons. The van der Waals surface area contributed by atoms with Gasteiger partial charge in [0.15, 0.2) is 5.78 Å². The Morgan fingerprint density at radius 2 is 1.50 bits per heavy atom. The molecule has 0 spiro atoms. The molecule has 30 heavy (non-hydrogen) atoms. The van der Waals surface area contributed by atoms with Crippen molar-refractivity contribution in [3.63, 3.8) is 0 Å². The number of carbonyl (C=O) groups is 2. The first-order valence-corrected chi connectivity index (χ1v) is 9.84. The molecule has 144 valence electrons. The molecule has 1 atom stereocenters. The summed E-state index contributed by atoms with van der Waals surface area (Å²) < 4.78 is 0. The average molecular weight is 390 g/mol. The molecule has 2 aliphatic rings. The van der Waals surface area contributed by atoms with Gasteiger partial charge in [0.05, 0.1) is 6.04 Å². The van der Waals surface area contributed by atoms with Crippen LogP contribution in [0.5, 0.6) is 0 Å². The van der Waals surface area contributed by atoms with Gasteiger partial charge >= 0.3 is 0 Å². The zero-order valence-corrected chi connectivity index (χ0v) is 16.4. The van der Waals surface area contributed by atoms with Gasteiger partial charge in [0.25, 0.3) is 0 Å². The summed E-state index contributed by atoms with van der Waals surface area (Å²) in [6.07, 6.45) is 0. The lowest BCUT2D eigenvalue weighted by Gasteiger charge is -2.31. The van der Waals surface area contributed by atoms with E-state index in [1.54, 1.807) is 24.3 Å². The third-order valence-corrected chi connectivity index (χ3v) is 5.91. The smallest absolute Gasteiger partial charge is 0.204 e. The Kier molecular flexibility index (Phi) is 4.11. The second kappa shape index (κ2) is 6.82. The Labute approximate surface area is 174 Å². The maximum atomic E-state index is 13.6. The summed E-state index contributed by atoms with van der Waals surface area (Å²) in [6.45, 7) is 2.63. The van der Waals surface area contributed by atoms with Crippen molar-refractivity contribution in [2.45, 2.75) is 19.5 Å². The predicted molar refractivity (Wildman–Crippen MR) is 114 cm³/mol. The summed E-state index contributed by atoms with van der Waals surface area (Å²) in [5, 5.41) is 9.88. The number of nitriles is 1. The van der Waals surface area contributed by atoms with E-state index in [2.05, 4.69) is 4.90 Å². The van der Waals surface area contributed by atoms with Gasteiger partial charge < -0.3 is 4.90 Å². The Balaban J connectivity index is 1.75. The number of rotatable bonds is 2. The number of anilines is 1. The van der Waals surface area contributed by atoms with E-state index in [4.69, 9.17) is 0 Å². The molecular formula is C26H18N2O2. The highest BCUT2D eigenvalue weighted by atomic mass is 16.1. The first kappa shape index (κ1) is 18.1. The van der Waals surface area contributed by atoms with E-state index in [0.29, 0.717) is 17.7 Å². The zero-order chi connectivity index (χ0) is 20.8. The standard InChI is InChI=1S/C26H18N2O2/c1-16-10-12-18(13-11-16)28-15-17-6-2-3-7-19(17)24(28)23-22(14-27)25(29)20-8-4-5-9-21(20)26(23)30/h2-13,24H,15H2,1H3. The number of fused-ring (bicyclic) bond motifs is 2. The maximum absolute atomic E-state index is 13.6. The lowest BCUT2D eigenvalue weighted by atomic mass is 9.79. The van der Waals surface area contributed by atoms with Crippen LogP contribution in [0.3, 0.4) is 0 Å². The van der Waals surface area contributed by atoms with Gasteiger partial charge in [0, 0.05) is 28.9 Å². The molecule has 1 heterocycles. The summed E-state index contributed by atoms with van der Waals surface area (Å²) in [6, 6.07) is 24.3. The Morgan fingerprint density at radius 3 is 2.20 bits per heavy atom. The number of nitrogens with zero attached hydrogens (tertiary/aromatic N) is 2. The van der Waals surface area contributed by atoms with Crippen molar-refractivity contribution in [2.24, 2.45) is 0 Å². The van der Waals surface area contributed by atoms with E-state index < -0.39 is 6.04 Å². The van der Waals surface area contributed by atoms with Gasteiger partial charge in [-0.3, -0.25) is 9.59 Å². The first-order chi connectivity index (χ1) is 14.6. The van der Waals surface area contributed by atoms with Crippen LogP contribution < -0.4 is 4.90 Å². The van der Waals surface area contributed by atoms with Crippen LogP contribution >= 0.6 is 0 Å². The molecule has 1 unspecified atom stereocenters. The number of allylic oxidation sites excluding steroid dienone is 1. The fraction of sp³-hybridized carbons (Fsp3) is 0.115. The number of benzene rings is 3. The van der Waals surface area contributed by atoms with E-state index in [0.717, 1.165) is 22.4 Å². The lowest BCUT2D eigenvalue weighted by molar-refractivity contribution is 0.0973. The number of carbonyl (C=O) groups excluding carboxylic acids is 2. The van der Waals surface area contributed by atoms with E-state index in [1.165, 1.54) is 0 Å². The highest BCUT2D eigenvalue weighted by Crippen LogP contribution is 2.45. The van der Waals surface area contributed by atoms with Crippen LogP contribution in [0.15, 0.2) is 83.9 Å². The molecule has 0 N–H and O–H groups in total. The third kappa shape index (κ3) is 2.60. The van der Waals surface area contributed by atoms with Gasteiger partial charge in [-0.15, -0.1) is 0 Å². The van der Waals surface area contributed by atoms with Gasteiger partial charge in [-0.2, -0.15) is 5.26 Å². The van der Waals surface area contributed by atoms with Crippen molar-refractivity contribution in [1.29, 1.82) is 5.26 Å². The monoisotopic (exact) mass is 390 g/mol. The first-order valence-electron chi connectivity index (χ1n) is 9.84. The molecule has 4 heteroatoms. The molecule has 1 aliphatic carbocycles. The van der Waals surface area contributed by atoms with Crippen LogP contribution in [0.2, 0.25) is 0 Å². The number of aryl methyl sites for hydroxylation is 1. The van der Waals surface area contributed by atoms with Crippen molar-refractivity contribution >= 4 is 17.3 Å². The van der Waals surface area contributed by atoms with Crippen LogP contribution in [0.25, 0.3) is 0 Å².